The number of nitrogens with zero attached hydrogens (tertiary/aromatic N) is 2. The molecule has 1 aliphatic carbocycles. The standard InChI is InChI=1S/C24H28ClN3O4S/c1-17-20(25)13-8-14-21(17)28-22(29)15-27(33(31,32)19-11-4-3-5-12-19)16-24(28,2)23(30)26-18-9-6-7-10-18/h3-5,8,11-14,18H,6-7,9-10,15-16H2,1-2H3,(H,26,30)/t24-/m1/s1. The summed E-state index contributed by atoms with van der Waals surface area (Å²) in [6, 6.07) is 13.2. The lowest BCUT2D eigenvalue weighted by Crippen LogP contribution is -2.70. The minimum atomic E-state index is -3.97. The number of halogens is 1. The summed E-state index contributed by atoms with van der Waals surface area (Å²) in [6.45, 7) is 2.88. The minimum absolute atomic E-state index is 0.0212. The van der Waals surface area contributed by atoms with Crippen molar-refractivity contribution in [1.29, 1.82) is 0 Å². The maximum Gasteiger partial charge on any atom is 0.247 e. The molecular weight excluding hydrogens is 462 g/mol. The van der Waals surface area contributed by atoms with Crippen LogP contribution in [0, 0.1) is 6.92 Å². The van der Waals surface area contributed by atoms with Gasteiger partial charge in [0.1, 0.15) is 5.54 Å². The smallest absolute Gasteiger partial charge is 0.247 e. The monoisotopic (exact) mass is 489 g/mol. The quantitative estimate of drug-likeness (QED) is 0.696. The molecule has 1 aliphatic heterocycles. The highest BCUT2D eigenvalue weighted by Gasteiger charge is 2.51. The zero-order valence-corrected chi connectivity index (χ0v) is 20.3. The third kappa shape index (κ3) is 4.39. The van der Waals surface area contributed by atoms with Gasteiger partial charge in [0.2, 0.25) is 21.8 Å². The van der Waals surface area contributed by atoms with E-state index in [1.165, 1.54) is 17.0 Å². The predicted molar refractivity (Wildman–Crippen MR) is 128 cm³/mol. The largest absolute Gasteiger partial charge is 0.351 e. The summed E-state index contributed by atoms with van der Waals surface area (Å²) in [5.41, 5.74) is -0.282. The van der Waals surface area contributed by atoms with Crippen molar-refractivity contribution in [1.82, 2.24) is 9.62 Å². The molecule has 33 heavy (non-hydrogen) atoms. The number of carbonyl (C=O) groups is 2. The molecule has 0 spiro atoms. The summed E-state index contributed by atoms with van der Waals surface area (Å²) in [5, 5.41) is 3.54. The van der Waals surface area contributed by atoms with Gasteiger partial charge in [0.05, 0.1) is 11.4 Å². The molecule has 1 saturated carbocycles. The molecule has 4 rings (SSSR count). The Morgan fingerprint density at radius 3 is 2.42 bits per heavy atom. The van der Waals surface area contributed by atoms with Gasteiger partial charge in [-0.2, -0.15) is 4.31 Å². The van der Waals surface area contributed by atoms with Gasteiger partial charge in [-0.15, -0.1) is 0 Å². The Labute approximate surface area is 199 Å². The molecule has 0 bridgehead atoms. The molecule has 2 amide bonds. The van der Waals surface area contributed by atoms with Crippen LogP contribution < -0.4 is 10.2 Å². The second-order valence-electron chi connectivity index (χ2n) is 8.93. The number of nitrogens with one attached hydrogen (secondary N) is 1. The summed E-state index contributed by atoms with van der Waals surface area (Å²) in [5.74, 6) is -0.842. The van der Waals surface area contributed by atoms with E-state index in [1.807, 2.05) is 0 Å². The predicted octanol–water partition coefficient (Wildman–Crippen LogP) is 3.50. The van der Waals surface area contributed by atoms with Gasteiger partial charge >= 0.3 is 0 Å². The van der Waals surface area contributed by atoms with Crippen molar-refractivity contribution >= 4 is 39.1 Å². The van der Waals surface area contributed by atoms with Crippen molar-refractivity contribution in [3.8, 4) is 0 Å². The summed E-state index contributed by atoms with van der Waals surface area (Å²) in [7, 11) is -3.97. The van der Waals surface area contributed by atoms with Crippen molar-refractivity contribution in [2.45, 2.75) is 56.0 Å². The number of hydrogen-bond acceptors (Lipinski definition) is 4. The van der Waals surface area contributed by atoms with Crippen LogP contribution in [-0.4, -0.2) is 49.2 Å². The first kappa shape index (κ1) is 23.7. The van der Waals surface area contributed by atoms with Crippen molar-refractivity contribution in [3.05, 3.63) is 59.1 Å². The van der Waals surface area contributed by atoms with Gasteiger partial charge in [-0.05, 0) is 56.5 Å². The molecule has 2 aromatic carbocycles. The van der Waals surface area contributed by atoms with Crippen LogP contribution in [0.1, 0.15) is 38.2 Å². The Bertz CT molecular complexity index is 1170. The zero-order chi connectivity index (χ0) is 23.8. The first-order chi connectivity index (χ1) is 15.6. The Balaban J connectivity index is 1.77. The number of benzene rings is 2. The Hall–Kier alpha value is -2.42. The van der Waals surface area contributed by atoms with E-state index in [0.29, 0.717) is 16.3 Å². The number of anilines is 1. The van der Waals surface area contributed by atoms with Crippen LogP contribution in [0.15, 0.2) is 53.4 Å². The number of piperazine rings is 1. The fraction of sp³-hybridized carbons (Fsp3) is 0.417. The Morgan fingerprint density at radius 1 is 1.09 bits per heavy atom. The third-order valence-corrected chi connectivity index (χ3v) is 8.79. The van der Waals surface area contributed by atoms with Crippen molar-refractivity contribution in [2.24, 2.45) is 0 Å². The molecule has 9 heteroatoms. The number of carbonyl (C=O) groups excluding carboxylic acids is 2. The highest BCUT2D eigenvalue weighted by molar-refractivity contribution is 7.89. The molecule has 2 aromatic rings. The average Bonchev–Trinajstić information content (AvgIpc) is 3.30. The van der Waals surface area contributed by atoms with Crippen LogP contribution in [0.25, 0.3) is 0 Å². The van der Waals surface area contributed by atoms with Gasteiger partial charge in [0.25, 0.3) is 0 Å². The van der Waals surface area contributed by atoms with Crippen LogP contribution in [-0.2, 0) is 19.6 Å². The van der Waals surface area contributed by atoms with Crippen molar-refractivity contribution < 1.29 is 18.0 Å². The molecule has 1 atom stereocenters. The van der Waals surface area contributed by atoms with E-state index in [1.54, 1.807) is 50.2 Å². The van der Waals surface area contributed by atoms with Crippen LogP contribution >= 0.6 is 11.6 Å². The first-order valence-corrected chi connectivity index (χ1v) is 12.9. The lowest BCUT2D eigenvalue weighted by molar-refractivity contribution is -0.133. The van der Waals surface area contributed by atoms with E-state index < -0.39 is 21.5 Å². The second kappa shape index (κ2) is 9.08. The molecule has 2 aliphatic rings. The molecule has 1 saturated heterocycles. The van der Waals surface area contributed by atoms with E-state index in [2.05, 4.69) is 5.32 Å². The van der Waals surface area contributed by atoms with E-state index in [-0.39, 0.29) is 29.9 Å². The number of hydrogen-bond donors (Lipinski definition) is 1. The first-order valence-electron chi connectivity index (χ1n) is 11.1. The molecular formula is C24H28ClN3O4S. The van der Waals surface area contributed by atoms with Crippen molar-refractivity contribution in [2.75, 3.05) is 18.0 Å². The molecule has 0 radical (unpaired) electrons. The Kier molecular flexibility index (Phi) is 6.53. The molecule has 0 unspecified atom stereocenters. The lowest BCUT2D eigenvalue weighted by Gasteiger charge is -2.47. The van der Waals surface area contributed by atoms with Gasteiger partial charge < -0.3 is 5.32 Å². The zero-order valence-electron chi connectivity index (χ0n) is 18.8. The highest BCUT2D eigenvalue weighted by atomic mass is 35.5. The fourth-order valence-corrected chi connectivity index (χ4v) is 6.37. The maximum absolute atomic E-state index is 13.7. The number of amides is 2. The molecule has 7 nitrogen and oxygen atoms in total. The second-order valence-corrected chi connectivity index (χ2v) is 11.3. The summed E-state index contributed by atoms with van der Waals surface area (Å²) < 4.78 is 27.8. The van der Waals surface area contributed by atoms with Gasteiger partial charge in [-0.25, -0.2) is 8.42 Å². The number of rotatable bonds is 5. The van der Waals surface area contributed by atoms with Crippen LogP contribution in [0.5, 0.6) is 0 Å². The fourth-order valence-electron chi connectivity index (χ4n) is 4.70. The van der Waals surface area contributed by atoms with Crippen LogP contribution in [0.2, 0.25) is 5.02 Å². The molecule has 1 N–H and O–H groups in total. The van der Waals surface area contributed by atoms with E-state index in [9.17, 15) is 18.0 Å². The minimum Gasteiger partial charge on any atom is -0.351 e. The van der Waals surface area contributed by atoms with Gasteiger partial charge in [0.15, 0.2) is 0 Å². The molecule has 176 valence electrons. The molecule has 2 fully saturated rings. The van der Waals surface area contributed by atoms with Crippen LogP contribution in [0.4, 0.5) is 5.69 Å². The normalized spacial score (nSPS) is 22.5. The number of sulfonamides is 1. The van der Waals surface area contributed by atoms with E-state index >= 15 is 0 Å². The van der Waals surface area contributed by atoms with Gasteiger partial charge in [0, 0.05) is 23.3 Å². The molecule has 1 heterocycles. The van der Waals surface area contributed by atoms with E-state index in [0.717, 1.165) is 30.0 Å². The Morgan fingerprint density at radius 2 is 1.76 bits per heavy atom. The van der Waals surface area contributed by atoms with Crippen molar-refractivity contribution in [3.63, 3.8) is 0 Å². The highest BCUT2D eigenvalue weighted by Crippen LogP contribution is 2.36. The van der Waals surface area contributed by atoms with Crippen LogP contribution in [0.3, 0.4) is 0 Å². The molecule has 0 aromatic heterocycles. The van der Waals surface area contributed by atoms with E-state index in [4.69, 9.17) is 11.6 Å². The lowest BCUT2D eigenvalue weighted by atomic mass is 9.93. The summed E-state index contributed by atoms with van der Waals surface area (Å²) in [6.07, 6.45) is 3.81. The SMILES string of the molecule is Cc1c(Cl)cccc1N1C(=O)CN(S(=O)(=O)c2ccccc2)C[C@]1(C)C(=O)NC1CCCC1. The topological polar surface area (TPSA) is 86.8 Å². The third-order valence-electron chi connectivity index (χ3n) is 6.58. The summed E-state index contributed by atoms with van der Waals surface area (Å²) >= 11 is 6.33. The maximum atomic E-state index is 13.7. The average molecular weight is 490 g/mol. The summed E-state index contributed by atoms with van der Waals surface area (Å²) in [4.78, 5) is 28.7. The van der Waals surface area contributed by atoms with Gasteiger partial charge in [-0.1, -0.05) is 48.7 Å². The van der Waals surface area contributed by atoms with Gasteiger partial charge in [-0.3, -0.25) is 14.5 Å².